The number of rotatable bonds is 5. The standard InChI is InChI=1S/C20H15N5O3S3/c26-18-6-2-1-5-14(18)17-10-15(13-4-3-9-21-11-13)23-25(17)31(27,28)20-8-7-19(30-20)16-12-29-24-22-16/h1-9,11-12,17,26H,10H2. The van der Waals surface area contributed by atoms with E-state index >= 15 is 0 Å². The summed E-state index contributed by atoms with van der Waals surface area (Å²) in [5.41, 5.74) is 2.45. The summed E-state index contributed by atoms with van der Waals surface area (Å²) in [6.07, 6.45) is 3.61. The molecule has 1 N–H and O–H groups in total. The van der Waals surface area contributed by atoms with Gasteiger partial charge in [-0.15, -0.1) is 16.4 Å². The predicted molar refractivity (Wildman–Crippen MR) is 118 cm³/mol. The first kappa shape index (κ1) is 19.8. The van der Waals surface area contributed by atoms with Crippen LogP contribution in [0.4, 0.5) is 0 Å². The molecule has 1 atom stereocenters. The topological polar surface area (TPSA) is 109 Å². The van der Waals surface area contributed by atoms with Crippen molar-refractivity contribution in [3.63, 3.8) is 0 Å². The molecule has 0 bridgehead atoms. The van der Waals surface area contributed by atoms with E-state index < -0.39 is 16.1 Å². The molecule has 0 saturated carbocycles. The summed E-state index contributed by atoms with van der Waals surface area (Å²) < 4.78 is 32.3. The number of aromatic nitrogens is 3. The van der Waals surface area contributed by atoms with E-state index in [4.69, 9.17) is 0 Å². The molecule has 11 heteroatoms. The minimum absolute atomic E-state index is 0.0238. The highest BCUT2D eigenvalue weighted by Crippen LogP contribution is 2.42. The van der Waals surface area contributed by atoms with Crippen LogP contribution in [-0.2, 0) is 10.0 Å². The molecule has 1 unspecified atom stereocenters. The normalized spacial score (nSPS) is 16.5. The summed E-state index contributed by atoms with van der Waals surface area (Å²) in [4.78, 5) is 4.82. The molecule has 0 aliphatic carbocycles. The van der Waals surface area contributed by atoms with E-state index in [9.17, 15) is 13.5 Å². The number of pyridine rings is 1. The lowest BCUT2D eigenvalue weighted by Crippen LogP contribution is -2.26. The van der Waals surface area contributed by atoms with Crippen LogP contribution >= 0.6 is 22.9 Å². The van der Waals surface area contributed by atoms with E-state index in [0.717, 1.165) is 21.3 Å². The van der Waals surface area contributed by atoms with Gasteiger partial charge >= 0.3 is 0 Å². The summed E-state index contributed by atoms with van der Waals surface area (Å²) in [6.45, 7) is 0. The van der Waals surface area contributed by atoms with Crippen LogP contribution in [-0.4, -0.2) is 38.2 Å². The van der Waals surface area contributed by atoms with Crippen LogP contribution in [0.25, 0.3) is 10.6 Å². The number of hydrazone groups is 1. The maximum absolute atomic E-state index is 13.6. The number of nitrogens with zero attached hydrogens (tertiary/aromatic N) is 5. The van der Waals surface area contributed by atoms with Crippen LogP contribution in [0.15, 0.2) is 75.6 Å². The molecule has 0 fully saturated rings. The Morgan fingerprint density at radius 2 is 1.97 bits per heavy atom. The summed E-state index contributed by atoms with van der Waals surface area (Å²) in [7, 11) is -3.98. The first-order chi connectivity index (χ1) is 15.0. The largest absolute Gasteiger partial charge is 0.508 e. The van der Waals surface area contributed by atoms with Crippen molar-refractivity contribution < 1.29 is 13.5 Å². The van der Waals surface area contributed by atoms with Gasteiger partial charge in [0.05, 0.1) is 16.6 Å². The van der Waals surface area contributed by atoms with E-state index in [-0.39, 0.29) is 9.96 Å². The monoisotopic (exact) mass is 469 g/mol. The van der Waals surface area contributed by atoms with Gasteiger partial charge < -0.3 is 5.11 Å². The van der Waals surface area contributed by atoms with Crippen LogP contribution in [0, 0.1) is 0 Å². The van der Waals surface area contributed by atoms with Gasteiger partial charge in [-0.3, -0.25) is 4.98 Å². The van der Waals surface area contributed by atoms with Gasteiger partial charge in [0, 0.05) is 35.3 Å². The lowest BCUT2D eigenvalue weighted by molar-refractivity contribution is 0.359. The number of benzene rings is 1. The highest BCUT2D eigenvalue weighted by Gasteiger charge is 2.39. The third-order valence-corrected chi connectivity index (χ3v) is 8.62. The second kappa shape index (κ2) is 7.84. The minimum Gasteiger partial charge on any atom is -0.508 e. The Balaban J connectivity index is 1.59. The maximum atomic E-state index is 13.6. The Bertz CT molecular complexity index is 1350. The number of para-hydroxylation sites is 1. The number of thiophene rings is 1. The fraction of sp³-hybridized carbons (Fsp3) is 0.100. The Morgan fingerprint density at radius 3 is 2.71 bits per heavy atom. The van der Waals surface area contributed by atoms with Crippen LogP contribution in [0.5, 0.6) is 5.75 Å². The zero-order valence-electron chi connectivity index (χ0n) is 15.9. The molecule has 4 aromatic rings. The molecule has 4 heterocycles. The quantitative estimate of drug-likeness (QED) is 0.475. The maximum Gasteiger partial charge on any atom is 0.289 e. The van der Waals surface area contributed by atoms with Gasteiger partial charge in [-0.2, -0.15) is 17.9 Å². The molecule has 1 aliphatic heterocycles. The van der Waals surface area contributed by atoms with Crippen molar-refractivity contribution in [3.8, 4) is 16.3 Å². The first-order valence-corrected chi connectivity index (χ1v) is 12.3. The molecule has 8 nitrogen and oxygen atoms in total. The Hall–Kier alpha value is -3.15. The summed E-state index contributed by atoms with van der Waals surface area (Å²) in [6, 6.07) is 12.9. The number of phenolic OH excluding ortho intramolecular Hbond substituents is 1. The summed E-state index contributed by atoms with van der Waals surface area (Å²) in [5.74, 6) is 0.0238. The molecule has 0 radical (unpaired) electrons. The molecule has 5 rings (SSSR count). The lowest BCUT2D eigenvalue weighted by atomic mass is 9.99. The zero-order valence-corrected chi connectivity index (χ0v) is 18.3. The van der Waals surface area contributed by atoms with Crippen molar-refractivity contribution in [1.82, 2.24) is 19.0 Å². The molecule has 3 aromatic heterocycles. The van der Waals surface area contributed by atoms with Crippen LogP contribution in [0.3, 0.4) is 0 Å². The van der Waals surface area contributed by atoms with Crippen LogP contribution in [0.1, 0.15) is 23.6 Å². The number of hydrogen-bond donors (Lipinski definition) is 1. The fourth-order valence-electron chi connectivity index (χ4n) is 3.38. The van der Waals surface area contributed by atoms with E-state index in [0.29, 0.717) is 28.3 Å². The van der Waals surface area contributed by atoms with Crippen molar-refractivity contribution in [2.45, 2.75) is 16.7 Å². The molecule has 31 heavy (non-hydrogen) atoms. The molecule has 156 valence electrons. The van der Waals surface area contributed by atoms with Crippen LogP contribution < -0.4 is 0 Å². The van der Waals surface area contributed by atoms with Crippen molar-refractivity contribution in [3.05, 3.63) is 77.4 Å². The van der Waals surface area contributed by atoms with E-state index in [1.54, 1.807) is 60.2 Å². The van der Waals surface area contributed by atoms with Gasteiger partial charge in [0.15, 0.2) is 0 Å². The fourth-order valence-corrected chi connectivity index (χ4v) is 6.68. The summed E-state index contributed by atoms with van der Waals surface area (Å²) in [5, 5.41) is 20.7. The second-order valence-corrected chi connectivity index (χ2v) is 10.5. The third kappa shape index (κ3) is 3.60. The Kier molecular flexibility index (Phi) is 5.00. The minimum atomic E-state index is -3.98. The first-order valence-electron chi connectivity index (χ1n) is 9.21. The molecular weight excluding hydrogens is 454 g/mol. The highest BCUT2D eigenvalue weighted by molar-refractivity contribution is 7.91. The van der Waals surface area contributed by atoms with Crippen molar-refractivity contribution in [1.29, 1.82) is 0 Å². The Morgan fingerprint density at radius 1 is 1.10 bits per heavy atom. The summed E-state index contributed by atoms with van der Waals surface area (Å²) >= 11 is 2.32. The van der Waals surface area contributed by atoms with Crippen molar-refractivity contribution in [2.24, 2.45) is 5.10 Å². The van der Waals surface area contributed by atoms with Crippen molar-refractivity contribution >= 4 is 38.6 Å². The van der Waals surface area contributed by atoms with Gasteiger partial charge in [0.1, 0.15) is 15.7 Å². The van der Waals surface area contributed by atoms with E-state index in [2.05, 4.69) is 19.7 Å². The van der Waals surface area contributed by atoms with Crippen molar-refractivity contribution in [2.75, 3.05) is 0 Å². The van der Waals surface area contributed by atoms with Gasteiger partial charge in [-0.05, 0) is 35.8 Å². The number of hydrogen-bond acceptors (Lipinski definition) is 9. The Labute approximate surface area is 186 Å². The molecule has 0 saturated heterocycles. The number of aromatic hydroxyl groups is 1. The van der Waals surface area contributed by atoms with E-state index in [1.807, 2.05) is 6.07 Å². The smallest absolute Gasteiger partial charge is 0.289 e. The molecule has 1 aliphatic rings. The van der Waals surface area contributed by atoms with Gasteiger partial charge in [0.25, 0.3) is 10.0 Å². The number of phenols is 1. The second-order valence-electron chi connectivity index (χ2n) is 6.75. The SMILES string of the molecule is O=S(=O)(c1ccc(-c2csnn2)s1)N1N=C(c2cccnc2)CC1c1ccccc1O. The third-order valence-electron chi connectivity index (χ3n) is 4.86. The highest BCUT2D eigenvalue weighted by atomic mass is 32.2. The van der Waals surface area contributed by atoms with Gasteiger partial charge in [-0.1, -0.05) is 28.8 Å². The number of sulfonamides is 1. The zero-order chi connectivity index (χ0) is 21.4. The molecule has 0 amide bonds. The predicted octanol–water partition coefficient (Wildman–Crippen LogP) is 3.91. The van der Waals surface area contributed by atoms with E-state index in [1.165, 1.54) is 11.5 Å². The van der Waals surface area contributed by atoms with Gasteiger partial charge in [0.2, 0.25) is 0 Å². The molecule has 0 spiro atoms. The van der Waals surface area contributed by atoms with Gasteiger partial charge in [-0.25, -0.2) is 0 Å². The average Bonchev–Trinajstić information content (AvgIpc) is 3.55. The van der Waals surface area contributed by atoms with Crippen LogP contribution in [0.2, 0.25) is 0 Å². The molecule has 1 aromatic carbocycles. The average molecular weight is 470 g/mol. The molecular formula is C20H15N5O3S3. The lowest BCUT2D eigenvalue weighted by Gasteiger charge is -2.23.